The van der Waals surface area contributed by atoms with Crippen molar-refractivity contribution in [2.45, 2.75) is 6.54 Å². The Balaban J connectivity index is 1.44. The zero-order valence-corrected chi connectivity index (χ0v) is 18.2. The number of hydrogen-bond acceptors (Lipinski definition) is 6. The van der Waals surface area contributed by atoms with Crippen LogP contribution in [0.1, 0.15) is 16.1 Å². The Labute approximate surface area is 190 Å². The van der Waals surface area contributed by atoms with Crippen LogP contribution in [0.3, 0.4) is 0 Å². The van der Waals surface area contributed by atoms with E-state index in [1.54, 1.807) is 36.5 Å². The van der Waals surface area contributed by atoms with Crippen molar-refractivity contribution in [2.24, 2.45) is 0 Å². The summed E-state index contributed by atoms with van der Waals surface area (Å²) in [6.07, 6.45) is 1.60. The van der Waals surface area contributed by atoms with Crippen LogP contribution in [-0.4, -0.2) is 47.1 Å². The first kappa shape index (κ1) is 21.5. The molecular formula is C22H21Cl2N5O2. The summed E-state index contributed by atoms with van der Waals surface area (Å²) in [7, 11) is 0. The molecular weight excluding hydrogens is 437 g/mol. The van der Waals surface area contributed by atoms with Gasteiger partial charge in [0.05, 0.1) is 34.5 Å². The lowest BCUT2D eigenvalue weighted by Gasteiger charge is -2.26. The summed E-state index contributed by atoms with van der Waals surface area (Å²) in [5.74, 6) is 0.841. The van der Waals surface area contributed by atoms with Gasteiger partial charge in [-0.3, -0.25) is 9.69 Å². The number of carbonyl (C=O) groups is 1. The van der Waals surface area contributed by atoms with E-state index in [0.717, 1.165) is 38.5 Å². The second-order valence-corrected chi connectivity index (χ2v) is 7.82. The van der Waals surface area contributed by atoms with E-state index in [0.29, 0.717) is 27.4 Å². The van der Waals surface area contributed by atoms with Crippen LogP contribution in [0.25, 0.3) is 0 Å². The number of nitrogens with zero attached hydrogens (tertiary/aromatic N) is 3. The van der Waals surface area contributed by atoms with Crippen molar-refractivity contribution in [2.75, 3.05) is 36.9 Å². The number of aromatic nitrogens is 2. The van der Waals surface area contributed by atoms with Gasteiger partial charge in [-0.1, -0.05) is 35.3 Å². The summed E-state index contributed by atoms with van der Waals surface area (Å²) in [5, 5.41) is 6.57. The van der Waals surface area contributed by atoms with E-state index >= 15 is 0 Å². The van der Waals surface area contributed by atoms with E-state index in [-0.39, 0.29) is 5.56 Å². The van der Waals surface area contributed by atoms with Crippen LogP contribution < -0.4 is 10.6 Å². The molecule has 2 aromatic heterocycles. The maximum absolute atomic E-state index is 12.6. The quantitative estimate of drug-likeness (QED) is 0.562. The fourth-order valence-corrected chi connectivity index (χ4v) is 3.81. The summed E-state index contributed by atoms with van der Waals surface area (Å²) in [5.41, 5.74) is 1.75. The monoisotopic (exact) mass is 457 g/mol. The van der Waals surface area contributed by atoms with E-state index in [1.807, 2.05) is 18.2 Å². The molecule has 0 aliphatic carbocycles. The number of morpholine rings is 1. The lowest BCUT2D eigenvalue weighted by atomic mass is 10.2. The van der Waals surface area contributed by atoms with E-state index in [4.69, 9.17) is 27.9 Å². The van der Waals surface area contributed by atoms with Gasteiger partial charge >= 0.3 is 0 Å². The lowest BCUT2D eigenvalue weighted by Crippen LogP contribution is -2.35. The Morgan fingerprint density at radius 2 is 1.77 bits per heavy atom. The third-order valence-electron chi connectivity index (χ3n) is 4.76. The summed E-state index contributed by atoms with van der Waals surface area (Å²) >= 11 is 12.3. The molecule has 4 rings (SSSR count). The molecule has 0 bridgehead atoms. The van der Waals surface area contributed by atoms with Crippen molar-refractivity contribution in [3.63, 3.8) is 0 Å². The highest BCUT2D eigenvalue weighted by atomic mass is 35.5. The van der Waals surface area contributed by atoms with Gasteiger partial charge < -0.3 is 15.4 Å². The number of amides is 1. The van der Waals surface area contributed by atoms with Crippen molar-refractivity contribution in [3.05, 3.63) is 76.0 Å². The van der Waals surface area contributed by atoms with Crippen LogP contribution in [0.5, 0.6) is 0 Å². The average molecular weight is 458 g/mol. The number of ether oxygens (including phenoxy) is 1. The van der Waals surface area contributed by atoms with Crippen molar-refractivity contribution >= 4 is 46.4 Å². The molecule has 1 aliphatic heterocycles. The number of carbonyl (C=O) groups excluding carboxylic acids is 1. The molecule has 9 heteroatoms. The molecule has 0 unspecified atom stereocenters. The molecule has 0 saturated carbocycles. The normalized spacial score (nSPS) is 14.3. The highest BCUT2D eigenvalue weighted by Gasteiger charge is 2.15. The summed E-state index contributed by atoms with van der Waals surface area (Å²) < 4.78 is 5.39. The van der Waals surface area contributed by atoms with Crippen LogP contribution in [0, 0.1) is 0 Å². The second kappa shape index (κ2) is 10.1. The van der Waals surface area contributed by atoms with Crippen molar-refractivity contribution in [3.8, 4) is 0 Å². The van der Waals surface area contributed by atoms with Crippen LogP contribution >= 0.6 is 23.2 Å². The van der Waals surface area contributed by atoms with E-state index in [2.05, 4.69) is 25.5 Å². The third kappa shape index (κ3) is 5.71. The molecule has 1 amide bonds. The molecule has 31 heavy (non-hydrogen) atoms. The predicted octanol–water partition coefficient (Wildman–Crippen LogP) is 4.61. The molecule has 0 spiro atoms. The molecule has 1 aliphatic rings. The van der Waals surface area contributed by atoms with Gasteiger partial charge in [0, 0.05) is 37.6 Å². The Morgan fingerprint density at radius 1 is 1.03 bits per heavy atom. The summed E-state index contributed by atoms with van der Waals surface area (Å²) in [6.45, 7) is 4.07. The minimum Gasteiger partial charge on any atom is -0.379 e. The number of rotatable bonds is 6. The number of halogens is 2. The van der Waals surface area contributed by atoms with E-state index in [9.17, 15) is 4.79 Å². The smallest absolute Gasteiger partial charge is 0.258 e. The maximum Gasteiger partial charge on any atom is 0.258 e. The molecule has 1 fully saturated rings. The van der Waals surface area contributed by atoms with Gasteiger partial charge in [-0.25, -0.2) is 9.97 Å². The predicted molar refractivity (Wildman–Crippen MR) is 122 cm³/mol. The number of pyridine rings is 2. The molecule has 1 aromatic carbocycles. The first-order valence-corrected chi connectivity index (χ1v) is 10.6. The van der Waals surface area contributed by atoms with Crippen LogP contribution in [-0.2, 0) is 11.3 Å². The Hall–Kier alpha value is -2.71. The summed E-state index contributed by atoms with van der Waals surface area (Å²) in [6, 6.07) is 14.2. The first-order valence-electron chi connectivity index (χ1n) is 9.83. The number of benzene rings is 1. The topological polar surface area (TPSA) is 79.4 Å². The standard InChI is InChI=1S/C22H21Cl2N5O2/c23-17-4-2-5-18(24)21(17)22(30)27-15-7-8-25-20(13-15)28-19-6-1-3-16(26-19)14-29-9-11-31-12-10-29/h1-8,13H,9-12,14H2,(H2,25,26,27,28,30). The molecule has 160 valence electrons. The molecule has 0 atom stereocenters. The largest absolute Gasteiger partial charge is 0.379 e. The molecule has 1 saturated heterocycles. The van der Waals surface area contributed by atoms with Gasteiger partial charge in [-0.15, -0.1) is 0 Å². The van der Waals surface area contributed by atoms with Crippen molar-refractivity contribution in [1.82, 2.24) is 14.9 Å². The number of anilines is 3. The number of hydrogen-bond donors (Lipinski definition) is 2. The zero-order valence-electron chi connectivity index (χ0n) is 16.6. The van der Waals surface area contributed by atoms with Crippen molar-refractivity contribution < 1.29 is 9.53 Å². The number of nitrogens with one attached hydrogen (secondary N) is 2. The SMILES string of the molecule is O=C(Nc1ccnc(Nc2cccc(CN3CCOCC3)n2)c1)c1c(Cl)cccc1Cl. The minimum atomic E-state index is -0.390. The van der Waals surface area contributed by atoms with Crippen LogP contribution in [0.4, 0.5) is 17.3 Å². The summed E-state index contributed by atoms with van der Waals surface area (Å²) in [4.78, 5) is 23.9. The Bertz CT molecular complexity index is 1050. The molecule has 2 N–H and O–H groups in total. The van der Waals surface area contributed by atoms with Gasteiger partial charge in [-0.05, 0) is 30.3 Å². The maximum atomic E-state index is 12.6. The minimum absolute atomic E-state index is 0.231. The third-order valence-corrected chi connectivity index (χ3v) is 5.39. The second-order valence-electron chi connectivity index (χ2n) is 7.01. The average Bonchev–Trinajstić information content (AvgIpc) is 2.75. The first-order chi connectivity index (χ1) is 15.1. The fraction of sp³-hybridized carbons (Fsp3) is 0.227. The van der Waals surface area contributed by atoms with Crippen molar-refractivity contribution in [1.29, 1.82) is 0 Å². The van der Waals surface area contributed by atoms with Gasteiger partial charge in [0.25, 0.3) is 5.91 Å². The lowest BCUT2D eigenvalue weighted by molar-refractivity contribution is 0.0337. The highest BCUT2D eigenvalue weighted by Crippen LogP contribution is 2.26. The van der Waals surface area contributed by atoms with Crippen LogP contribution in [0.2, 0.25) is 10.0 Å². The Morgan fingerprint density at radius 3 is 2.55 bits per heavy atom. The van der Waals surface area contributed by atoms with E-state index in [1.165, 1.54) is 0 Å². The molecule has 3 heterocycles. The Kier molecular flexibility index (Phi) is 6.99. The van der Waals surface area contributed by atoms with Crippen LogP contribution in [0.15, 0.2) is 54.7 Å². The van der Waals surface area contributed by atoms with E-state index < -0.39 is 5.91 Å². The zero-order chi connectivity index (χ0) is 21.6. The highest BCUT2D eigenvalue weighted by molar-refractivity contribution is 6.40. The fourth-order valence-electron chi connectivity index (χ4n) is 3.24. The van der Waals surface area contributed by atoms with Gasteiger partial charge in [-0.2, -0.15) is 0 Å². The molecule has 7 nitrogen and oxygen atoms in total. The van der Waals surface area contributed by atoms with Gasteiger partial charge in [0.2, 0.25) is 0 Å². The molecule has 0 radical (unpaired) electrons. The van der Waals surface area contributed by atoms with Gasteiger partial charge in [0.1, 0.15) is 11.6 Å². The molecule has 3 aromatic rings. The van der Waals surface area contributed by atoms with Gasteiger partial charge in [0.15, 0.2) is 0 Å².